The van der Waals surface area contributed by atoms with Crippen LogP contribution in [0.1, 0.15) is 63.5 Å². The van der Waals surface area contributed by atoms with E-state index in [9.17, 15) is 28.8 Å². The van der Waals surface area contributed by atoms with Gasteiger partial charge in [-0.1, -0.05) is 51.0 Å². The summed E-state index contributed by atoms with van der Waals surface area (Å²) < 4.78 is 0. The van der Waals surface area contributed by atoms with Crippen LogP contribution in [0, 0.1) is 0 Å². The second kappa shape index (κ2) is 11.0. The molecule has 1 aromatic rings. The highest BCUT2D eigenvalue weighted by Gasteiger charge is 2.38. The molecule has 0 unspecified atom stereocenters. The molecule has 3 rings (SSSR count). The van der Waals surface area contributed by atoms with E-state index in [1.807, 2.05) is 13.8 Å². The monoisotopic (exact) mass is 470 g/mol. The van der Waals surface area contributed by atoms with Crippen LogP contribution in [0.2, 0.25) is 0 Å². The lowest BCUT2D eigenvalue weighted by Gasteiger charge is -2.33. The first-order valence-corrected chi connectivity index (χ1v) is 11.6. The van der Waals surface area contributed by atoms with Gasteiger partial charge in [-0.05, 0) is 24.0 Å². The topological polar surface area (TPSA) is 115 Å². The Bertz CT molecular complexity index is 932. The fourth-order valence-electron chi connectivity index (χ4n) is 3.93. The SMILES string of the molecule is CCCCN1C(=O)CC(=O)N(Cc2cccc(CN3C(=O)CC(=O)N(CCCC)C3=O)c2)C1=O. The van der Waals surface area contributed by atoms with E-state index >= 15 is 0 Å². The Labute approximate surface area is 198 Å². The van der Waals surface area contributed by atoms with Gasteiger partial charge in [0, 0.05) is 13.1 Å². The van der Waals surface area contributed by atoms with Gasteiger partial charge in [-0.3, -0.25) is 38.8 Å². The van der Waals surface area contributed by atoms with Gasteiger partial charge in [0.15, 0.2) is 0 Å². The molecule has 2 aliphatic rings. The molecule has 0 atom stereocenters. The van der Waals surface area contributed by atoms with Crippen molar-refractivity contribution in [3.63, 3.8) is 0 Å². The van der Waals surface area contributed by atoms with E-state index in [0.29, 0.717) is 24.0 Å². The van der Waals surface area contributed by atoms with Crippen LogP contribution in [0.25, 0.3) is 0 Å². The maximum Gasteiger partial charge on any atom is 0.333 e. The van der Waals surface area contributed by atoms with Crippen molar-refractivity contribution in [3.05, 3.63) is 35.4 Å². The standard InChI is InChI=1S/C24H30N4O6/c1-3-5-10-25-19(29)13-21(31)27(23(25)33)15-17-8-7-9-18(12-17)16-28-22(32)14-20(30)26(24(28)34)11-6-4-2/h7-9,12H,3-6,10-11,13-16H2,1-2H3. The number of amides is 8. The normalized spacial score (nSPS) is 17.4. The number of rotatable bonds is 10. The van der Waals surface area contributed by atoms with E-state index in [-0.39, 0.29) is 39.0 Å². The summed E-state index contributed by atoms with van der Waals surface area (Å²) in [6.07, 6.45) is 2.22. The first-order chi connectivity index (χ1) is 16.3. The lowest BCUT2D eigenvalue weighted by Crippen LogP contribution is -2.55. The summed E-state index contributed by atoms with van der Waals surface area (Å²) in [5.74, 6) is -2.09. The number of urea groups is 2. The number of unbranched alkanes of at least 4 members (excludes halogenated alkanes) is 2. The third kappa shape index (κ3) is 5.49. The minimum atomic E-state index is -0.633. The number of hydrogen-bond acceptors (Lipinski definition) is 6. The Balaban J connectivity index is 1.73. The van der Waals surface area contributed by atoms with Crippen molar-refractivity contribution in [2.24, 2.45) is 0 Å². The highest BCUT2D eigenvalue weighted by atomic mass is 16.2. The maximum absolute atomic E-state index is 12.8. The van der Waals surface area contributed by atoms with Crippen LogP contribution in [0.15, 0.2) is 24.3 Å². The van der Waals surface area contributed by atoms with E-state index < -0.39 is 35.7 Å². The number of imide groups is 4. The summed E-state index contributed by atoms with van der Waals surface area (Å²) in [7, 11) is 0. The largest absolute Gasteiger partial charge is 0.333 e. The second-order valence-electron chi connectivity index (χ2n) is 8.50. The van der Waals surface area contributed by atoms with Gasteiger partial charge >= 0.3 is 12.1 Å². The molecule has 2 saturated heterocycles. The summed E-state index contributed by atoms with van der Waals surface area (Å²) in [5.41, 5.74) is 1.25. The minimum absolute atomic E-state index is 0.0234. The molecule has 0 saturated carbocycles. The van der Waals surface area contributed by atoms with Crippen molar-refractivity contribution in [2.75, 3.05) is 13.1 Å². The lowest BCUT2D eigenvalue weighted by molar-refractivity contribution is -0.144. The summed E-state index contributed by atoms with van der Waals surface area (Å²) in [6.45, 7) is 4.39. The van der Waals surface area contributed by atoms with Crippen LogP contribution in [-0.4, -0.2) is 68.4 Å². The molecule has 0 aliphatic carbocycles. The average Bonchev–Trinajstić information content (AvgIpc) is 2.79. The number of carbonyl (C=O) groups is 6. The van der Waals surface area contributed by atoms with Crippen molar-refractivity contribution in [3.8, 4) is 0 Å². The molecule has 1 aromatic carbocycles. The first-order valence-electron chi connectivity index (χ1n) is 11.6. The van der Waals surface area contributed by atoms with E-state index in [2.05, 4.69) is 0 Å². The molecule has 2 aliphatic heterocycles. The van der Waals surface area contributed by atoms with Crippen molar-refractivity contribution >= 4 is 35.7 Å². The molecule has 0 N–H and O–H groups in total. The molecular formula is C24H30N4O6. The maximum atomic E-state index is 12.8. The zero-order valence-electron chi connectivity index (χ0n) is 19.6. The van der Waals surface area contributed by atoms with Crippen molar-refractivity contribution in [2.45, 2.75) is 65.5 Å². The molecule has 2 fully saturated rings. The molecule has 2 heterocycles. The molecule has 10 heteroatoms. The molecule has 0 aromatic heterocycles. The first kappa shape index (κ1) is 25.1. The number of barbiturate groups is 2. The van der Waals surface area contributed by atoms with Crippen LogP contribution in [0.4, 0.5) is 9.59 Å². The molecular weight excluding hydrogens is 440 g/mol. The predicted octanol–water partition coefficient (Wildman–Crippen LogP) is 2.65. The van der Waals surface area contributed by atoms with Crippen LogP contribution in [-0.2, 0) is 32.3 Å². The van der Waals surface area contributed by atoms with Gasteiger partial charge in [0.05, 0.1) is 13.1 Å². The second-order valence-corrected chi connectivity index (χ2v) is 8.50. The van der Waals surface area contributed by atoms with E-state index in [4.69, 9.17) is 0 Å². The summed E-state index contributed by atoms with van der Waals surface area (Å²) in [5, 5.41) is 0. The smallest absolute Gasteiger partial charge is 0.274 e. The molecule has 182 valence electrons. The zero-order valence-corrected chi connectivity index (χ0v) is 19.6. The fraction of sp³-hybridized carbons (Fsp3) is 0.500. The number of hydrogen-bond donors (Lipinski definition) is 0. The van der Waals surface area contributed by atoms with Gasteiger partial charge in [-0.2, -0.15) is 0 Å². The number of benzene rings is 1. The Hall–Kier alpha value is -3.56. The quantitative estimate of drug-likeness (QED) is 0.486. The van der Waals surface area contributed by atoms with Crippen LogP contribution < -0.4 is 0 Å². The summed E-state index contributed by atoms with van der Waals surface area (Å²) in [6, 6.07) is 5.61. The van der Waals surface area contributed by atoms with E-state index in [1.165, 1.54) is 0 Å². The molecule has 8 amide bonds. The van der Waals surface area contributed by atoms with Gasteiger partial charge in [0.1, 0.15) is 12.8 Å². The Morgan fingerprint density at radius 1 is 0.618 bits per heavy atom. The van der Waals surface area contributed by atoms with Crippen molar-refractivity contribution in [1.29, 1.82) is 0 Å². The summed E-state index contributed by atoms with van der Waals surface area (Å²) >= 11 is 0. The van der Waals surface area contributed by atoms with Gasteiger partial charge < -0.3 is 0 Å². The highest BCUT2D eigenvalue weighted by Crippen LogP contribution is 2.20. The van der Waals surface area contributed by atoms with Crippen LogP contribution in [0.5, 0.6) is 0 Å². The van der Waals surface area contributed by atoms with Crippen molar-refractivity contribution < 1.29 is 28.8 Å². The molecule has 10 nitrogen and oxygen atoms in total. The molecule has 0 spiro atoms. The molecule has 0 radical (unpaired) electrons. The van der Waals surface area contributed by atoms with E-state index in [0.717, 1.165) is 32.4 Å². The van der Waals surface area contributed by atoms with Crippen molar-refractivity contribution in [1.82, 2.24) is 19.6 Å². The van der Waals surface area contributed by atoms with Crippen LogP contribution >= 0.6 is 0 Å². The molecule has 34 heavy (non-hydrogen) atoms. The molecule has 0 bridgehead atoms. The predicted molar refractivity (Wildman–Crippen MR) is 121 cm³/mol. The van der Waals surface area contributed by atoms with Gasteiger partial charge in [-0.15, -0.1) is 0 Å². The Kier molecular flexibility index (Phi) is 8.14. The third-order valence-electron chi connectivity index (χ3n) is 5.88. The third-order valence-corrected chi connectivity index (χ3v) is 5.88. The number of nitrogens with zero attached hydrogens (tertiary/aromatic N) is 4. The Morgan fingerprint density at radius 2 is 1.00 bits per heavy atom. The summed E-state index contributed by atoms with van der Waals surface area (Å²) in [4.78, 5) is 78.9. The minimum Gasteiger partial charge on any atom is -0.274 e. The number of carbonyl (C=O) groups excluding carboxylic acids is 6. The lowest BCUT2D eigenvalue weighted by atomic mass is 10.1. The van der Waals surface area contributed by atoms with Gasteiger partial charge in [0.25, 0.3) is 0 Å². The van der Waals surface area contributed by atoms with E-state index in [1.54, 1.807) is 24.3 Å². The van der Waals surface area contributed by atoms with Gasteiger partial charge in [0.2, 0.25) is 23.6 Å². The average molecular weight is 471 g/mol. The van der Waals surface area contributed by atoms with Crippen LogP contribution in [0.3, 0.4) is 0 Å². The fourth-order valence-corrected chi connectivity index (χ4v) is 3.93. The Morgan fingerprint density at radius 3 is 1.38 bits per heavy atom. The zero-order chi connectivity index (χ0) is 24.8. The van der Waals surface area contributed by atoms with Gasteiger partial charge in [-0.25, -0.2) is 9.59 Å². The highest BCUT2D eigenvalue weighted by molar-refractivity contribution is 6.14.